The van der Waals surface area contributed by atoms with Gasteiger partial charge in [-0.2, -0.15) is 0 Å². The Morgan fingerprint density at radius 2 is 1.87 bits per heavy atom. The number of carbonyl (C=O) groups is 2. The average molecular weight is 636 g/mol. The Bertz CT molecular complexity index is 1980. The van der Waals surface area contributed by atoms with Gasteiger partial charge in [-0.05, 0) is 71.6 Å². The van der Waals surface area contributed by atoms with E-state index < -0.39 is 17.7 Å². The van der Waals surface area contributed by atoms with E-state index in [1.807, 2.05) is 50.2 Å². The molecule has 1 aromatic heterocycles. The number of ether oxygens (including phenoxy) is 2. The number of aromatic nitrogens is 2. The van der Waals surface area contributed by atoms with Gasteiger partial charge in [-0.25, -0.2) is 0 Å². The van der Waals surface area contributed by atoms with Crippen LogP contribution in [-0.2, 0) is 21.8 Å². The molecule has 8 nitrogen and oxygen atoms in total. The number of benzene rings is 4. The number of hydrogen-bond acceptors (Lipinski definition) is 9. The molecule has 7 rings (SSSR count). The van der Waals surface area contributed by atoms with Gasteiger partial charge in [0.1, 0.15) is 23.4 Å². The molecule has 1 amide bonds. The highest BCUT2D eigenvalue weighted by Crippen LogP contribution is 2.45. The van der Waals surface area contributed by atoms with E-state index in [9.17, 15) is 14.7 Å². The second kappa shape index (κ2) is 12.0. The summed E-state index contributed by atoms with van der Waals surface area (Å²) in [6.45, 7) is 4.32. The number of aliphatic hydroxyl groups excluding tert-OH is 1. The molecular weight excluding hydrogens is 607 g/mol. The van der Waals surface area contributed by atoms with Crippen LogP contribution >= 0.6 is 23.1 Å². The highest BCUT2D eigenvalue weighted by Gasteiger charge is 2.48. The third-order valence-electron chi connectivity index (χ3n) is 7.93. The quantitative estimate of drug-likeness (QED) is 0.0622. The van der Waals surface area contributed by atoms with Crippen molar-refractivity contribution < 1.29 is 24.2 Å². The van der Waals surface area contributed by atoms with E-state index in [-0.39, 0.29) is 22.6 Å². The van der Waals surface area contributed by atoms with Crippen LogP contribution in [0.1, 0.15) is 42.1 Å². The first-order valence-corrected chi connectivity index (χ1v) is 16.5. The van der Waals surface area contributed by atoms with Crippen LogP contribution in [0.4, 0.5) is 5.13 Å². The van der Waals surface area contributed by atoms with Gasteiger partial charge in [0.25, 0.3) is 5.78 Å². The van der Waals surface area contributed by atoms with E-state index >= 15 is 0 Å². The summed E-state index contributed by atoms with van der Waals surface area (Å²) in [5.41, 5.74) is 3.14. The Hall–Kier alpha value is -4.67. The number of Topliss-reactive ketones (excluding diaryl/α,β-unsaturated/α-hetero) is 1. The number of rotatable bonds is 8. The normalized spacial score (nSPS) is 18.8. The van der Waals surface area contributed by atoms with Gasteiger partial charge in [-0.1, -0.05) is 77.7 Å². The largest absolute Gasteiger partial charge is 0.507 e. The lowest BCUT2D eigenvalue weighted by molar-refractivity contribution is -0.132. The van der Waals surface area contributed by atoms with Crippen molar-refractivity contribution in [2.24, 2.45) is 0 Å². The van der Waals surface area contributed by atoms with Crippen molar-refractivity contribution in [3.05, 3.63) is 113 Å². The third kappa shape index (κ3) is 5.44. The summed E-state index contributed by atoms with van der Waals surface area (Å²) in [4.78, 5) is 28.8. The summed E-state index contributed by atoms with van der Waals surface area (Å²) in [7, 11) is 0. The smallest absolute Gasteiger partial charge is 0.301 e. The van der Waals surface area contributed by atoms with E-state index in [4.69, 9.17) is 9.47 Å². The first-order chi connectivity index (χ1) is 21.9. The maximum Gasteiger partial charge on any atom is 0.301 e. The number of aliphatic hydroxyl groups is 1. The van der Waals surface area contributed by atoms with Gasteiger partial charge in [-0.15, -0.1) is 10.2 Å². The van der Waals surface area contributed by atoms with Gasteiger partial charge < -0.3 is 14.6 Å². The SMILES string of the molecule is CCOc1cccc([C@@H]2C(=C(O)c3ccc4c(c3)C[C@H](C)O4)C(=O)C(=O)N2c2nnc(SCc3cccc4ccccc34)s2)c1. The molecule has 0 spiro atoms. The molecule has 2 aliphatic rings. The zero-order chi connectivity index (χ0) is 31.1. The number of hydrogen-bond donors (Lipinski definition) is 1. The van der Waals surface area contributed by atoms with Crippen molar-refractivity contribution in [3.63, 3.8) is 0 Å². The highest BCUT2D eigenvalue weighted by atomic mass is 32.2. The molecule has 3 heterocycles. The number of anilines is 1. The molecular formula is C35H29N3O5S2. The summed E-state index contributed by atoms with van der Waals surface area (Å²) in [5, 5.41) is 23.0. The van der Waals surface area contributed by atoms with Crippen molar-refractivity contribution in [1.82, 2.24) is 10.2 Å². The molecule has 0 unspecified atom stereocenters. The minimum atomic E-state index is -0.933. The van der Waals surface area contributed by atoms with Crippen molar-refractivity contribution >= 4 is 56.5 Å². The molecule has 2 atom stereocenters. The third-order valence-corrected chi connectivity index (χ3v) is 10.0. The van der Waals surface area contributed by atoms with Crippen molar-refractivity contribution in [2.45, 2.75) is 42.5 Å². The zero-order valence-corrected chi connectivity index (χ0v) is 26.2. The van der Waals surface area contributed by atoms with Gasteiger partial charge in [0, 0.05) is 17.7 Å². The lowest BCUT2D eigenvalue weighted by atomic mass is 9.94. The van der Waals surface area contributed by atoms with Crippen LogP contribution in [0.3, 0.4) is 0 Å². The monoisotopic (exact) mass is 635 g/mol. The van der Waals surface area contributed by atoms with Crippen LogP contribution in [-0.4, -0.2) is 39.7 Å². The number of ketones is 1. The van der Waals surface area contributed by atoms with Crippen molar-refractivity contribution in [3.8, 4) is 11.5 Å². The molecule has 1 N–H and O–H groups in total. The molecule has 0 bridgehead atoms. The molecule has 5 aromatic rings. The van der Waals surface area contributed by atoms with E-state index in [1.54, 1.807) is 24.3 Å². The molecule has 0 radical (unpaired) electrons. The van der Waals surface area contributed by atoms with Crippen LogP contribution in [0.5, 0.6) is 11.5 Å². The maximum atomic E-state index is 13.7. The number of nitrogens with zero attached hydrogens (tertiary/aromatic N) is 3. The number of carbonyl (C=O) groups excluding carboxylic acids is 2. The van der Waals surface area contributed by atoms with Crippen molar-refractivity contribution in [1.29, 1.82) is 0 Å². The molecule has 10 heteroatoms. The van der Waals surface area contributed by atoms with Gasteiger partial charge >= 0.3 is 5.91 Å². The van der Waals surface area contributed by atoms with Gasteiger partial charge in [0.05, 0.1) is 18.2 Å². The minimum absolute atomic E-state index is 0.0132. The Morgan fingerprint density at radius 3 is 2.73 bits per heavy atom. The standard InChI is InChI=1S/C35H29N3O5S2/c1-3-42-26-12-7-10-22(18-26)30-29(31(39)23-14-15-28-25(17-23)16-20(2)43-28)32(40)33(41)38(30)34-36-37-35(45-34)44-19-24-11-6-9-21-8-4-5-13-27(21)24/h4-15,17-18,20,30,39H,3,16,19H2,1-2H3/t20-,30+/m0/s1. The van der Waals surface area contributed by atoms with Gasteiger partial charge in [0.2, 0.25) is 5.13 Å². The van der Waals surface area contributed by atoms with E-state index in [0.717, 1.165) is 22.3 Å². The van der Waals surface area contributed by atoms with E-state index in [0.29, 0.717) is 40.0 Å². The summed E-state index contributed by atoms with van der Waals surface area (Å²) in [6.07, 6.45) is 0.712. The summed E-state index contributed by atoms with van der Waals surface area (Å²) < 4.78 is 12.2. The predicted molar refractivity (Wildman–Crippen MR) is 176 cm³/mol. The summed E-state index contributed by atoms with van der Waals surface area (Å²) in [5.74, 6) is 0.193. The number of thioether (sulfide) groups is 1. The van der Waals surface area contributed by atoms with Crippen LogP contribution < -0.4 is 14.4 Å². The predicted octanol–water partition coefficient (Wildman–Crippen LogP) is 7.33. The Kier molecular flexibility index (Phi) is 7.76. The number of amides is 1. The van der Waals surface area contributed by atoms with E-state index in [1.165, 1.54) is 33.4 Å². The van der Waals surface area contributed by atoms with Crippen LogP contribution in [0.2, 0.25) is 0 Å². The highest BCUT2D eigenvalue weighted by molar-refractivity contribution is 8.00. The fourth-order valence-electron chi connectivity index (χ4n) is 5.93. The van der Waals surface area contributed by atoms with Crippen LogP contribution in [0, 0.1) is 0 Å². The van der Waals surface area contributed by atoms with Crippen molar-refractivity contribution in [2.75, 3.05) is 11.5 Å². The van der Waals surface area contributed by atoms with Crippen LogP contribution in [0.15, 0.2) is 94.8 Å². The Labute approximate surface area is 268 Å². The lowest BCUT2D eigenvalue weighted by Gasteiger charge is -2.23. The summed E-state index contributed by atoms with van der Waals surface area (Å²) in [6, 6.07) is 26.0. The number of fused-ring (bicyclic) bond motifs is 2. The van der Waals surface area contributed by atoms with Crippen LogP contribution in [0.25, 0.3) is 16.5 Å². The fourth-order valence-corrected chi connectivity index (χ4v) is 7.80. The molecule has 1 fully saturated rings. The Morgan fingerprint density at radius 1 is 1.04 bits per heavy atom. The molecule has 2 aliphatic heterocycles. The zero-order valence-electron chi connectivity index (χ0n) is 24.6. The lowest BCUT2D eigenvalue weighted by Crippen LogP contribution is -2.29. The maximum absolute atomic E-state index is 13.7. The first kappa shape index (κ1) is 29.1. The summed E-state index contributed by atoms with van der Waals surface area (Å²) >= 11 is 2.76. The average Bonchev–Trinajstić information content (AvgIpc) is 3.74. The molecule has 0 aliphatic carbocycles. The molecule has 0 saturated carbocycles. The van der Waals surface area contributed by atoms with E-state index in [2.05, 4.69) is 34.5 Å². The molecule has 4 aromatic carbocycles. The Balaban J connectivity index is 1.26. The van der Waals surface area contributed by atoms with Gasteiger partial charge in [0.15, 0.2) is 4.34 Å². The molecule has 226 valence electrons. The van der Waals surface area contributed by atoms with Gasteiger partial charge in [-0.3, -0.25) is 14.5 Å². The molecule has 45 heavy (non-hydrogen) atoms. The second-order valence-electron chi connectivity index (χ2n) is 10.9. The first-order valence-electron chi connectivity index (χ1n) is 14.7. The topological polar surface area (TPSA) is 102 Å². The fraction of sp³-hybridized carbons (Fsp3) is 0.200. The minimum Gasteiger partial charge on any atom is -0.507 e. The second-order valence-corrected chi connectivity index (χ2v) is 13.1. The molecule has 1 saturated heterocycles.